The largest absolute Gasteiger partial charge is 0.465 e. The zero-order valence-electron chi connectivity index (χ0n) is 39.9. The number of hydrogen-bond acceptors (Lipinski definition) is 9. The third-order valence-corrected chi connectivity index (χ3v) is 12.8. The molecule has 4 atom stereocenters. The van der Waals surface area contributed by atoms with Crippen molar-refractivity contribution in [2.45, 2.75) is 98.4 Å². The molecule has 0 saturated carbocycles. The lowest BCUT2D eigenvalue weighted by Crippen LogP contribution is -2.59. The molecule has 2 aromatic carbocycles. The number of esters is 1. The maximum Gasteiger partial charge on any atom is 0.319 e. The van der Waals surface area contributed by atoms with Gasteiger partial charge in [-0.15, -0.1) is 0 Å². The summed E-state index contributed by atoms with van der Waals surface area (Å²) in [6, 6.07) is 14.5. The van der Waals surface area contributed by atoms with Gasteiger partial charge < -0.3 is 24.6 Å². The van der Waals surface area contributed by atoms with Crippen molar-refractivity contribution in [2.75, 3.05) is 46.9 Å². The van der Waals surface area contributed by atoms with Crippen LogP contribution in [0.15, 0.2) is 73.4 Å². The molecule has 2 aliphatic rings. The molecule has 0 radical (unpaired) electrons. The second kappa shape index (κ2) is 21.7. The number of halogens is 2. The summed E-state index contributed by atoms with van der Waals surface area (Å²) in [6.07, 6.45) is 4.87. The van der Waals surface area contributed by atoms with E-state index in [1.807, 2.05) is 65.0 Å². The number of aromatic nitrogens is 2. The van der Waals surface area contributed by atoms with Crippen molar-refractivity contribution in [2.24, 2.45) is 17.3 Å². The second-order valence-electron chi connectivity index (χ2n) is 18.8. The van der Waals surface area contributed by atoms with Crippen molar-refractivity contribution in [3.8, 4) is 22.4 Å². The number of fused-ring (bicyclic) bond motifs is 1. The first kappa shape index (κ1) is 50.4. The van der Waals surface area contributed by atoms with E-state index in [4.69, 9.17) is 9.47 Å². The molecule has 14 nitrogen and oxygen atoms in total. The number of rotatable bonds is 18. The zero-order valence-corrected chi connectivity index (χ0v) is 39.9. The Balaban J connectivity index is 1.37. The van der Waals surface area contributed by atoms with Gasteiger partial charge in [0.1, 0.15) is 12.1 Å². The van der Waals surface area contributed by atoms with Crippen molar-refractivity contribution < 1.29 is 42.2 Å². The summed E-state index contributed by atoms with van der Waals surface area (Å²) in [5.41, 5.74) is 6.95. The van der Waals surface area contributed by atoms with E-state index in [-0.39, 0.29) is 49.6 Å². The van der Waals surface area contributed by atoms with Crippen LogP contribution >= 0.6 is 0 Å². The molecule has 2 fully saturated rings. The number of nitrogens with one attached hydrogen (secondary N) is 2. The minimum Gasteiger partial charge on any atom is -0.465 e. The van der Waals surface area contributed by atoms with E-state index in [2.05, 4.69) is 22.3 Å². The van der Waals surface area contributed by atoms with Crippen LogP contribution in [0.1, 0.15) is 90.3 Å². The number of hydrazine groups is 1. The molecule has 2 N–H and O–H groups in total. The van der Waals surface area contributed by atoms with Crippen molar-refractivity contribution in [3.63, 3.8) is 0 Å². The van der Waals surface area contributed by atoms with Gasteiger partial charge in [-0.2, -0.15) is 8.78 Å². The van der Waals surface area contributed by atoms with Crippen LogP contribution in [0, 0.1) is 17.3 Å². The van der Waals surface area contributed by atoms with Gasteiger partial charge >= 0.3 is 12.5 Å². The summed E-state index contributed by atoms with van der Waals surface area (Å²) in [5.74, 6) is -2.52. The first-order valence-electron chi connectivity index (χ1n) is 23.0. The lowest BCUT2D eigenvalue weighted by molar-refractivity contribution is -0.146. The van der Waals surface area contributed by atoms with Gasteiger partial charge in [-0.05, 0) is 91.1 Å². The van der Waals surface area contributed by atoms with Crippen molar-refractivity contribution in [3.05, 3.63) is 90.3 Å². The minimum atomic E-state index is -2.92. The molecule has 2 aliphatic heterocycles. The third kappa shape index (κ3) is 11.6. The lowest BCUT2D eigenvalue weighted by Gasteiger charge is -2.35. The van der Waals surface area contributed by atoms with E-state index < -0.39 is 47.9 Å². The van der Waals surface area contributed by atoms with Gasteiger partial charge in [-0.25, -0.2) is 5.43 Å². The average Bonchev–Trinajstić information content (AvgIpc) is 3.93. The van der Waals surface area contributed by atoms with Crippen LogP contribution < -0.4 is 10.7 Å². The fourth-order valence-electron chi connectivity index (χ4n) is 9.39. The maximum atomic E-state index is 15.5. The second-order valence-corrected chi connectivity index (χ2v) is 18.8. The zero-order chi connectivity index (χ0) is 48.7. The van der Waals surface area contributed by atoms with Crippen molar-refractivity contribution in [1.29, 1.82) is 0 Å². The number of likely N-dealkylation sites (tertiary alicyclic amines) is 1. The Hall–Kier alpha value is -6.00. The normalized spacial score (nSPS) is 16.8. The summed E-state index contributed by atoms with van der Waals surface area (Å²) >= 11 is 0. The molecule has 6 rings (SSSR count). The first-order chi connectivity index (χ1) is 31.8. The van der Waals surface area contributed by atoms with E-state index in [1.54, 1.807) is 47.4 Å². The van der Waals surface area contributed by atoms with Crippen LogP contribution in [0.5, 0.6) is 0 Å². The van der Waals surface area contributed by atoms with Crippen LogP contribution in [-0.2, 0) is 46.3 Å². The molecule has 0 aliphatic carbocycles. The van der Waals surface area contributed by atoms with E-state index in [0.29, 0.717) is 59.5 Å². The molecular weight excluding hydrogens is 861 g/mol. The molecule has 4 heterocycles. The molecule has 1 unspecified atom stereocenters. The number of nitrogens with zero attached hydrogens (tertiary/aromatic N) is 5. The van der Waals surface area contributed by atoms with Gasteiger partial charge in [0, 0.05) is 76.2 Å². The number of methoxy groups -OCH3 is 1. The van der Waals surface area contributed by atoms with Gasteiger partial charge in [0.25, 0.3) is 5.91 Å². The topological polar surface area (TPSA) is 155 Å². The number of benzene rings is 2. The number of hydrogen-bond donors (Lipinski definition) is 2. The van der Waals surface area contributed by atoms with Gasteiger partial charge in [0.05, 0.1) is 35.5 Å². The van der Waals surface area contributed by atoms with Gasteiger partial charge in [0.2, 0.25) is 17.7 Å². The monoisotopic (exact) mass is 925 g/mol. The molecule has 4 aromatic rings. The fraction of sp³-hybridized carbons (Fsp3) is 0.490. The fourth-order valence-corrected chi connectivity index (χ4v) is 9.39. The van der Waals surface area contributed by atoms with Gasteiger partial charge in [-0.3, -0.25) is 38.5 Å². The molecule has 0 spiro atoms. The predicted octanol–water partition coefficient (Wildman–Crippen LogP) is 7.28. The highest BCUT2D eigenvalue weighted by Gasteiger charge is 2.39. The molecule has 4 amide bonds. The molecule has 0 bridgehead atoms. The number of amides is 4. The Morgan fingerprint density at radius 3 is 2.43 bits per heavy atom. The number of ether oxygens (including phenoxy) is 2. The maximum absolute atomic E-state index is 15.5. The smallest absolute Gasteiger partial charge is 0.319 e. The lowest BCUT2D eigenvalue weighted by atomic mass is 9.84. The van der Waals surface area contributed by atoms with Gasteiger partial charge in [0.15, 0.2) is 0 Å². The molecular formula is C51H65F2N7O7. The summed E-state index contributed by atoms with van der Waals surface area (Å²) in [7, 11) is 3.13. The Labute approximate surface area is 392 Å². The standard InChI is InChI=1S/C51H65F2N7O7/c1-10-43(62)58-24-20-37(29-58)48(64)57(8)45(31(2)3)47(63)56-41(49(65)59-23-12-11-22-55-59)26-34-15-13-16-35(25-34)36-18-19-42-39(27-36)40(28-51(6,7)30-67-33(5)61)46(60(42)50(52)53)38-17-14-21-54-44(38)32(4)66-9/h10,13-19,21,25,27,31-32,37,41,45,50,55H,1,11-12,20,22-24,26,28-30H2,2-9H3,(H,56,63)/t32-,37-,41-,45?/m0/s1. The van der Waals surface area contributed by atoms with Gasteiger partial charge in [-0.1, -0.05) is 64.6 Å². The Morgan fingerprint density at radius 1 is 1.03 bits per heavy atom. The van der Waals surface area contributed by atoms with Crippen LogP contribution in [0.4, 0.5) is 8.78 Å². The highest BCUT2D eigenvalue weighted by atomic mass is 19.3. The Kier molecular flexibility index (Phi) is 16.4. The molecule has 67 heavy (non-hydrogen) atoms. The minimum absolute atomic E-state index is 0.0602. The van der Waals surface area contributed by atoms with Crippen molar-refractivity contribution in [1.82, 2.24) is 35.1 Å². The van der Waals surface area contributed by atoms with Crippen LogP contribution in [0.3, 0.4) is 0 Å². The number of carbonyl (C=O) groups is 5. The predicted molar refractivity (Wildman–Crippen MR) is 252 cm³/mol. The SMILES string of the molecule is C=CC(=O)N1CC[C@H](C(=O)N(C)C(C(=O)N[C@@H](Cc2cccc(-c3ccc4c(c3)c(CC(C)(C)COC(C)=O)c(-c3cccnc3[C@H](C)OC)n4C(F)F)c2)C(=O)N2CCCCN2)C(C)C)C1. The highest BCUT2D eigenvalue weighted by Crippen LogP contribution is 2.44. The van der Waals surface area contributed by atoms with Crippen LogP contribution in [0.2, 0.25) is 0 Å². The number of alkyl halides is 2. The van der Waals surface area contributed by atoms with Crippen LogP contribution in [0.25, 0.3) is 33.3 Å². The van der Waals surface area contributed by atoms with Crippen LogP contribution in [-0.4, -0.2) is 113 Å². The van der Waals surface area contributed by atoms with E-state index in [9.17, 15) is 24.0 Å². The molecule has 2 saturated heterocycles. The van der Waals surface area contributed by atoms with E-state index >= 15 is 8.78 Å². The van der Waals surface area contributed by atoms with E-state index in [1.165, 1.54) is 25.0 Å². The Bertz CT molecular complexity index is 2460. The number of carbonyl (C=O) groups excluding carboxylic acids is 5. The summed E-state index contributed by atoms with van der Waals surface area (Å²) < 4.78 is 43.1. The number of pyridine rings is 1. The third-order valence-electron chi connectivity index (χ3n) is 12.8. The quantitative estimate of drug-likeness (QED) is 0.0775. The number of likely N-dealkylation sites (N-methyl/N-ethyl adjacent to an activating group) is 1. The first-order valence-corrected chi connectivity index (χ1v) is 23.0. The van der Waals surface area contributed by atoms with E-state index in [0.717, 1.165) is 34.1 Å². The Morgan fingerprint density at radius 2 is 1.78 bits per heavy atom. The highest BCUT2D eigenvalue weighted by molar-refractivity contribution is 5.96. The van der Waals surface area contributed by atoms with Crippen molar-refractivity contribution >= 4 is 40.5 Å². The average molecular weight is 926 g/mol. The molecule has 2 aromatic heterocycles. The molecule has 16 heteroatoms. The molecule has 360 valence electrons. The summed E-state index contributed by atoms with van der Waals surface area (Å²) in [4.78, 5) is 74.3. The summed E-state index contributed by atoms with van der Waals surface area (Å²) in [6.45, 7) is 13.1. The summed E-state index contributed by atoms with van der Waals surface area (Å²) in [5, 5.41) is 5.16.